The molecule has 4 aromatic carbocycles. The largest absolute Gasteiger partial charge is 0.461 e. The van der Waals surface area contributed by atoms with E-state index in [2.05, 4.69) is 21.3 Å². The van der Waals surface area contributed by atoms with E-state index in [1.807, 2.05) is 121 Å². The van der Waals surface area contributed by atoms with Gasteiger partial charge in [-0.05, 0) is 112 Å². The number of hydrogen-bond donors (Lipinski definition) is 4. The van der Waals surface area contributed by atoms with Gasteiger partial charge in [-0.2, -0.15) is 0 Å². The van der Waals surface area contributed by atoms with Crippen LogP contribution in [0.15, 0.2) is 121 Å². The van der Waals surface area contributed by atoms with E-state index < -0.39 is 108 Å². The molecule has 12 atom stereocenters. The zero-order chi connectivity index (χ0) is 63.8. The van der Waals surface area contributed by atoms with E-state index in [-0.39, 0.29) is 101 Å². The zero-order valence-corrected chi connectivity index (χ0v) is 52.3. The summed E-state index contributed by atoms with van der Waals surface area (Å²) >= 11 is 0. The van der Waals surface area contributed by atoms with Gasteiger partial charge < -0.3 is 50.3 Å². The third-order valence-corrected chi connectivity index (χ3v) is 19.5. The summed E-state index contributed by atoms with van der Waals surface area (Å²) in [7, 11) is 6.63. The van der Waals surface area contributed by atoms with Crippen LogP contribution in [0.1, 0.15) is 125 Å². The molecule has 5 aliphatic rings. The molecule has 4 aliphatic carbocycles. The van der Waals surface area contributed by atoms with E-state index in [9.17, 15) is 47.9 Å². The summed E-state index contributed by atoms with van der Waals surface area (Å²) in [4.78, 5) is 150. The van der Waals surface area contributed by atoms with Gasteiger partial charge in [0, 0.05) is 102 Å². The van der Waals surface area contributed by atoms with Crippen molar-refractivity contribution in [3.05, 3.63) is 144 Å². The smallest absolute Gasteiger partial charge is 0.306 e. The number of likely N-dealkylation sites (N-methyl/N-ethyl adjacent to an activating group) is 4. The summed E-state index contributed by atoms with van der Waals surface area (Å²) in [6, 6.07) is 31.3. The molecular weight excluding hydrogens is 1140 g/mol. The summed E-state index contributed by atoms with van der Waals surface area (Å²) in [5.41, 5.74) is 3.24. The first-order chi connectivity index (χ1) is 43.4. The summed E-state index contributed by atoms with van der Waals surface area (Å²) in [5, 5.41) is 12.1. The molecule has 0 unspecified atom stereocenters. The number of ether oxygens (including phenoxy) is 2. The van der Waals surface area contributed by atoms with Gasteiger partial charge in [0.25, 0.3) is 0 Å². The van der Waals surface area contributed by atoms with Crippen molar-refractivity contribution in [2.75, 3.05) is 28.2 Å². The first-order valence-electron chi connectivity index (χ1n) is 32.1. The molecule has 8 amide bonds. The van der Waals surface area contributed by atoms with E-state index in [0.29, 0.717) is 51.4 Å². The number of amides is 8. The van der Waals surface area contributed by atoms with Crippen LogP contribution in [-0.2, 0) is 83.5 Å². The van der Waals surface area contributed by atoms with Crippen molar-refractivity contribution in [3.8, 4) is 0 Å². The SMILES string of the molecule is CN1C(=O)[C@H](Cc2ccccc2)NC(=O)[C@H]2CC[C@@H](C2)N(C)C(=O)[C@@H](CCC(=O)OCc2ccccc2)NC(=O)[C@@H]2CC[C@@H](C2)N(C)C(=O)[C@@H](Cc2ccccc2)NC(=O)[C@H]2CC[C@@H](C2)N(C)C(=O)[C@@H](CCC(=O)OCc2ccccc2)NC(=O)[C@@H]2CC[C@H]1C2. The topological polar surface area (TPSA) is 250 Å². The Bertz CT molecular complexity index is 2950. The van der Waals surface area contributed by atoms with E-state index in [1.165, 1.54) is 0 Å². The maximum absolute atomic E-state index is 14.8. The number of nitrogens with one attached hydrogen (secondary N) is 4. The summed E-state index contributed by atoms with van der Waals surface area (Å²) in [6.45, 7) is 0.0757. The third-order valence-electron chi connectivity index (χ3n) is 19.5. The first-order valence-corrected chi connectivity index (χ1v) is 32.1. The molecule has 5 fully saturated rings. The summed E-state index contributed by atoms with van der Waals surface area (Å²) < 4.78 is 11.2. The lowest BCUT2D eigenvalue weighted by atomic mass is 10.0. The van der Waals surface area contributed by atoms with Gasteiger partial charge >= 0.3 is 11.9 Å². The van der Waals surface area contributed by atoms with Crippen molar-refractivity contribution < 1.29 is 57.4 Å². The van der Waals surface area contributed by atoms with Crippen LogP contribution < -0.4 is 21.3 Å². The number of fused-ring (bicyclic) bond motifs is 8. The third kappa shape index (κ3) is 17.5. The standard InChI is InChI=1S/C70H88N8O12/c1-75-53-29-27-51(41-53)65(83)73-59(37-45-17-9-5-10-18-45)69(87)78(4)56-32-26-50(40-56)64(82)72-58(34-36-62(80)90-44-48-23-15-8-16-24-48)68(86)76(2)54-30-28-52(42-54)66(84)74-60(38-46-19-11-6-12-20-46)70(88)77(3)55-31-25-49(39-55)63(81)71-57(67(75)85)33-35-61(79)89-43-47-21-13-7-14-22-47/h5-24,49-60H,25-44H2,1-4H3,(H,71,81)(H,72,82)(H,73,83)(H,74,84)/t49-,50-,51+,52+,53+,54+,55+,56+,57-,58-,59-,60+/m1/s1. The van der Waals surface area contributed by atoms with Crippen molar-refractivity contribution >= 4 is 59.2 Å². The van der Waals surface area contributed by atoms with Crippen molar-refractivity contribution in [2.24, 2.45) is 23.7 Å². The van der Waals surface area contributed by atoms with Crippen LogP contribution in [-0.4, -0.2) is 155 Å². The van der Waals surface area contributed by atoms with Crippen LogP contribution in [0.25, 0.3) is 0 Å². The van der Waals surface area contributed by atoms with Gasteiger partial charge in [-0.25, -0.2) is 0 Å². The average Bonchev–Trinajstić information content (AvgIpc) is 3.70. The Balaban J connectivity index is 0.962. The second-order valence-electron chi connectivity index (χ2n) is 25.4. The molecule has 4 aromatic rings. The average molecular weight is 1230 g/mol. The number of hydrogen-bond acceptors (Lipinski definition) is 12. The molecule has 20 heteroatoms. The molecule has 0 radical (unpaired) electrons. The molecule has 20 nitrogen and oxygen atoms in total. The maximum Gasteiger partial charge on any atom is 0.306 e. The normalized spacial score (nSPS) is 27.7. The minimum atomic E-state index is -1.13. The van der Waals surface area contributed by atoms with Crippen LogP contribution >= 0.6 is 0 Å². The molecule has 0 aromatic heterocycles. The highest BCUT2D eigenvalue weighted by molar-refractivity contribution is 5.93. The molecule has 1 saturated heterocycles. The number of carbonyl (C=O) groups excluding carboxylic acids is 10. The number of benzene rings is 4. The fraction of sp³-hybridized carbons (Fsp3) is 0.514. The van der Waals surface area contributed by atoms with E-state index in [4.69, 9.17) is 9.47 Å². The summed E-state index contributed by atoms with van der Waals surface area (Å²) in [5.74, 6) is -6.41. The Kier molecular flexibility index (Phi) is 23.0. The minimum absolute atomic E-state index is 0.0379. The zero-order valence-electron chi connectivity index (χ0n) is 52.3. The molecule has 90 heavy (non-hydrogen) atoms. The van der Waals surface area contributed by atoms with Crippen LogP contribution in [0.5, 0.6) is 0 Å². The van der Waals surface area contributed by atoms with Crippen molar-refractivity contribution in [1.29, 1.82) is 0 Å². The second kappa shape index (κ2) is 31.4. The number of nitrogens with zero attached hydrogens (tertiary/aromatic N) is 4. The van der Waals surface area contributed by atoms with Gasteiger partial charge in [-0.1, -0.05) is 121 Å². The van der Waals surface area contributed by atoms with Gasteiger partial charge in [-0.3, -0.25) is 47.9 Å². The monoisotopic (exact) mass is 1230 g/mol. The quantitative estimate of drug-likeness (QED) is 0.107. The lowest BCUT2D eigenvalue weighted by Gasteiger charge is -2.31. The highest BCUT2D eigenvalue weighted by atomic mass is 16.5. The highest BCUT2D eigenvalue weighted by Gasteiger charge is 2.44. The van der Waals surface area contributed by atoms with Gasteiger partial charge in [0.15, 0.2) is 0 Å². The maximum atomic E-state index is 14.8. The Hall–Kier alpha value is -8.42. The van der Waals surface area contributed by atoms with Crippen molar-refractivity contribution in [1.82, 2.24) is 40.9 Å². The molecular formula is C70H88N8O12. The predicted molar refractivity (Wildman–Crippen MR) is 335 cm³/mol. The van der Waals surface area contributed by atoms with Crippen LogP contribution in [0.4, 0.5) is 0 Å². The van der Waals surface area contributed by atoms with Gasteiger partial charge in [0.2, 0.25) is 47.3 Å². The van der Waals surface area contributed by atoms with Crippen LogP contribution in [0.2, 0.25) is 0 Å². The fourth-order valence-electron chi connectivity index (χ4n) is 13.8. The van der Waals surface area contributed by atoms with E-state index in [0.717, 1.165) is 22.3 Å². The Morgan fingerprint density at radius 3 is 0.878 bits per heavy atom. The molecule has 4 saturated carbocycles. The van der Waals surface area contributed by atoms with Gasteiger partial charge in [-0.15, -0.1) is 0 Å². The highest BCUT2D eigenvalue weighted by Crippen LogP contribution is 2.35. The van der Waals surface area contributed by atoms with Crippen molar-refractivity contribution in [2.45, 2.75) is 177 Å². The minimum Gasteiger partial charge on any atom is -0.461 e. The van der Waals surface area contributed by atoms with E-state index >= 15 is 0 Å². The molecule has 1 heterocycles. The molecule has 8 bridgehead atoms. The molecule has 0 spiro atoms. The Morgan fingerprint density at radius 1 is 0.356 bits per heavy atom. The van der Waals surface area contributed by atoms with Gasteiger partial charge in [0.1, 0.15) is 37.4 Å². The Labute approximate surface area is 527 Å². The molecule has 480 valence electrons. The molecule has 4 N–H and O–H groups in total. The molecule has 9 rings (SSSR count). The van der Waals surface area contributed by atoms with Crippen molar-refractivity contribution in [3.63, 3.8) is 0 Å². The number of esters is 2. The number of carbonyl (C=O) groups is 10. The lowest BCUT2D eigenvalue weighted by molar-refractivity contribution is -0.147. The van der Waals surface area contributed by atoms with E-state index in [1.54, 1.807) is 47.8 Å². The summed E-state index contributed by atoms with van der Waals surface area (Å²) in [6.07, 6.45) is 4.56. The first kappa shape index (κ1) is 66.0. The predicted octanol–water partition coefficient (Wildman–Crippen LogP) is 5.98. The number of rotatable bonds is 14. The van der Waals surface area contributed by atoms with Crippen LogP contribution in [0.3, 0.4) is 0 Å². The Morgan fingerprint density at radius 2 is 0.600 bits per heavy atom. The van der Waals surface area contributed by atoms with Crippen LogP contribution in [0, 0.1) is 23.7 Å². The lowest BCUT2D eigenvalue weighted by Crippen LogP contribution is -2.53. The van der Waals surface area contributed by atoms with Gasteiger partial charge in [0.05, 0.1) is 0 Å². The molecule has 1 aliphatic heterocycles. The fourth-order valence-corrected chi connectivity index (χ4v) is 13.8. The second-order valence-corrected chi connectivity index (χ2v) is 25.4.